The SMILES string of the molecule is [CH2]CCCCCN1C(C)(C)CC([N])CC1(C)C. The Labute approximate surface area is 108 Å². The maximum Gasteiger partial charge on any atom is 0.0468 e. The molecule has 0 saturated carbocycles. The summed E-state index contributed by atoms with van der Waals surface area (Å²) in [6.45, 7) is 14.1. The minimum absolute atomic E-state index is 0.117. The molecule has 2 heteroatoms. The number of piperidine rings is 1. The Morgan fingerprint density at radius 2 is 1.59 bits per heavy atom. The van der Waals surface area contributed by atoms with Crippen LogP contribution < -0.4 is 5.73 Å². The minimum Gasteiger partial charge on any atom is -0.293 e. The summed E-state index contributed by atoms with van der Waals surface area (Å²) >= 11 is 0. The maximum absolute atomic E-state index is 9.97. The van der Waals surface area contributed by atoms with Gasteiger partial charge in [0, 0.05) is 17.1 Å². The van der Waals surface area contributed by atoms with E-state index < -0.39 is 0 Å². The van der Waals surface area contributed by atoms with Crippen molar-refractivity contribution in [2.75, 3.05) is 6.54 Å². The van der Waals surface area contributed by atoms with E-state index >= 15 is 0 Å². The molecule has 0 aromatic heterocycles. The van der Waals surface area contributed by atoms with Crippen molar-refractivity contribution < 1.29 is 0 Å². The zero-order chi connectivity index (χ0) is 13.1. The lowest BCUT2D eigenvalue weighted by Crippen LogP contribution is -2.62. The molecule has 0 amide bonds. The van der Waals surface area contributed by atoms with Crippen molar-refractivity contribution in [1.82, 2.24) is 10.6 Å². The highest BCUT2D eigenvalue weighted by molar-refractivity contribution is 5.00. The van der Waals surface area contributed by atoms with Crippen LogP contribution in [0.5, 0.6) is 0 Å². The Morgan fingerprint density at radius 1 is 1.06 bits per heavy atom. The van der Waals surface area contributed by atoms with Gasteiger partial charge in [-0.3, -0.25) is 4.90 Å². The Kier molecular flexibility index (Phi) is 5.03. The van der Waals surface area contributed by atoms with Crippen LogP contribution in [0.15, 0.2) is 0 Å². The molecule has 0 bridgehead atoms. The van der Waals surface area contributed by atoms with Gasteiger partial charge in [0.15, 0.2) is 0 Å². The van der Waals surface area contributed by atoms with Crippen molar-refractivity contribution >= 4 is 0 Å². The second-order valence-electron chi connectivity index (χ2n) is 6.75. The predicted octanol–water partition coefficient (Wildman–Crippen LogP) is 3.47. The number of rotatable bonds is 5. The van der Waals surface area contributed by atoms with E-state index in [0.717, 1.165) is 25.8 Å². The van der Waals surface area contributed by atoms with E-state index in [2.05, 4.69) is 39.5 Å². The Balaban J connectivity index is 2.59. The molecule has 2 nitrogen and oxygen atoms in total. The molecule has 3 radical (unpaired) electrons. The van der Waals surface area contributed by atoms with Gasteiger partial charge in [-0.25, -0.2) is 0 Å². The molecule has 0 aromatic rings. The van der Waals surface area contributed by atoms with Gasteiger partial charge in [-0.1, -0.05) is 26.2 Å². The highest BCUT2D eigenvalue weighted by Crippen LogP contribution is 2.38. The van der Waals surface area contributed by atoms with Gasteiger partial charge >= 0.3 is 0 Å². The minimum atomic E-state index is -0.143. The summed E-state index contributed by atoms with van der Waals surface area (Å²) < 4.78 is 0. The number of hydrogen-bond acceptors (Lipinski definition) is 1. The van der Waals surface area contributed by atoms with E-state index in [4.69, 9.17) is 0 Å². The molecule has 17 heavy (non-hydrogen) atoms. The lowest BCUT2D eigenvalue weighted by molar-refractivity contribution is -0.0366. The number of likely N-dealkylation sites (tertiary alicyclic amines) is 1. The van der Waals surface area contributed by atoms with Crippen LogP contribution in [-0.4, -0.2) is 28.6 Å². The molecular formula is C15H29N2. The largest absolute Gasteiger partial charge is 0.293 e. The van der Waals surface area contributed by atoms with E-state index in [1.165, 1.54) is 19.3 Å². The molecule has 1 aliphatic heterocycles. The van der Waals surface area contributed by atoms with Gasteiger partial charge in [-0.15, -0.1) is 5.73 Å². The van der Waals surface area contributed by atoms with E-state index in [9.17, 15) is 5.73 Å². The van der Waals surface area contributed by atoms with Crippen LogP contribution in [0, 0.1) is 6.92 Å². The van der Waals surface area contributed by atoms with Crippen LogP contribution in [0.3, 0.4) is 0 Å². The third-order valence-corrected chi connectivity index (χ3v) is 4.06. The highest BCUT2D eigenvalue weighted by Gasteiger charge is 2.44. The molecular weight excluding hydrogens is 208 g/mol. The van der Waals surface area contributed by atoms with Crippen molar-refractivity contribution in [2.45, 2.75) is 83.3 Å². The number of hydrogen-bond donors (Lipinski definition) is 0. The fourth-order valence-electron chi connectivity index (χ4n) is 3.49. The molecule has 1 fully saturated rings. The molecule has 0 spiro atoms. The van der Waals surface area contributed by atoms with Gasteiger partial charge in [0.25, 0.3) is 0 Å². The summed E-state index contributed by atoms with van der Waals surface area (Å²) in [7, 11) is 0. The van der Waals surface area contributed by atoms with Crippen LogP contribution in [0.4, 0.5) is 0 Å². The quantitative estimate of drug-likeness (QED) is 0.672. The molecule has 0 aromatic carbocycles. The second-order valence-corrected chi connectivity index (χ2v) is 6.75. The first-order valence-corrected chi connectivity index (χ1v) is 7.05. The van der Waals surface area contributed by atoms with Crippen molar-refractivity contribution in [2.24, 2.45) is 0 Å². The predicted molar refractivity (Wildman–Crippen MR) is 73.8 cm³/mol. The first-order valence-electron chi connectivity index (χ1n) is 7.05. The van der Waals surface area contributed by atoms with Crippen LogP contribution >= 0.6 is 0 Å². The Bertz CT molecular complexity index is 215. The summed E-state index contributed by atoms with van der Waals surface area (Å²) in [4.78, 5) is 2.59. The van der Waals surface area contributed by atoms with Gasteiger partial charge in [0.05, 0.1) is 0 Å². The van der Waals surface area contributed by atoms with E-state index in [1.807, 2.05) is 0 Å². The maximum atomic E-state index is 9.97. The zero-order valence-corrected chi connectivity index (χ0v) is 12.1. The Morgan fingerprint density at radius 3 is 2.06 bits per heavy atom. The molecule has 0 atom stereocenters. The summed E-state index contributed by atoms with van der Waals surface area (Å²) in [5.74, 6) is 0. The lowest BCUT2D eigenvalue weighted by atomic mass is 9.77. The van der Waals surface area contributed by atoms with Gasteiger partial charge in [0.2, 0.25) is 0 Å². The lowest BCUT2D eigenvalue weighted by Gasteiger charge is -2.54. The third kappa shape index (κ3) is 3.96. The molecule has 0 unspecified atom stereocenters. The number of unbranched alkanes of at least 4 members (excludes halogenated alkanes) is 3. The molecule has 0 N–H and O–H groups in total. The Hall–Kier alpha value is -0.0800. The highest BCUT2D eigenvalue weighted by atomic mass is 15.3. The van der Waals surface area contributed by atoms with Crippen LogP contribution in [0.2, 0.25) is 0 Å². The van der Waals surface area contributed by atoms with Gasteiger partial charge < -0.3 is 0 Å². The average molecular weight is 237 g/mol. The molecule has 0 aliphatic carbocycles. The number of nitrogens with zero attached hydrogens (tertiary/aromatic N) is 2. The van der Waals surface area contributed by atoms with Crippen molar-refractivity contribution in [1.29, 1.82) is 0 Å². The normalized spacial score (nSPS) is 25.1. The summed E-state index contributed by atoms with van der Waals surface area (Å²) in [5.41, 5.74) is 10.2. The topological polar surface area (TPSA) is 25.5 Å². The van der Waals surface area contributed by atoms with Crippen LogP contribution in [-0.2, 0) is 0 Å². The second kappa shape index (κ2) is 5.71. The smallest absolute Gasteiger partial charge is 0.0468 e. The first-order chi connectivity index (χ1) is 7.79. The van der Waals surface area contributed by atoms with Crippen molar-refractivity contribution in [3.8, 4) is 0 Å². The van der Waals surface area contributed by atoms with Gasteiger partial charge in [0.1, 0.15) is 0 Å². The summed E-state index contributed by atoms with van der Waals surface area (Å²) in [5, 5.41) is 0. The fraction of sp³-hybridized carbons (Fsp3) is 0.933. The molecule has 99 valence electrons. The third-order valence-electron chi connectivity index (χ3n) is 4.06. The molecule has 1 heterocycles. The van der Waals surface area contributed by atoms with E-state index in [0.29, 0.717) is 0 Å². The monoisotopic (exact) mass is 237 g/mol. The van der Waals surface area contributed by atoms with Crippen molar-refractivity contribution in [3.63, 3.8) is 0 Å². The first kappa shape index (κ1) is 15.0. The van der Waals surface area contributed by atoms with Crippen LogP contribution in [0.25, 0.3) is 0 Å². The standard InChI is InChI=1S/C15H29N2/c1-6-7-8-9-10-17-14(2,3)11-13(16)12-15(17,4)5/h13H,1,6-12H2,2-5H3. The average Bonchev–Trinajstić information content (AvgIpc) is 2.12. The van der Waals surface area contributed by atoms with E-state index in [-0.39, 0.29) is 17.1 Å². The molecule has 1 rings (SSSR count). The summed E-state index contributed by atoms with van der Waals surface area (Å²) in [6, 6.07) is -0.143. The van der Waals surface area contributed by atoms with E-state index in [1.54, 1.807) is 0 Å². The van der Waals surface area contributed by atoms with Crippen molar-refractivity contribution in [3.05, 3.63) is 6.92 Å². The van der Waals surface area contributed by atoms with Crippen LogP contribution in [0.1, 0.15) is 66.2 Å². The molecule has 1 saturated heterocycles. The fourth-order valence-corrected chi connectivity index (χ4v) is 3.49. The molecule has 1 aliphatic rings. The summed E-state index contributed by atoms with van der Waals surface area (Å²) in [6.07, 6.45) is 6.59. The van der Waals surface area contributed by atoms with Gasteiger partial charge in [-0.2, -0.15) is 0 Å². The van der Waals surface area contributed by atoms with Gasteiger partial charge in [-0.05, 0) is 53.5 Å². The zero-order valence-electron chi connectivity index (χ0n) is 12.1.